The molecule has 0 aliphatic heterocycles. The Bertz CT molecular complexity index is 1080. The Morgan fingerprint density at radius 1 is 1.25 bits per heavy atom. The third kappa shape index (κ3) is 2.17. The molecule has 0 amide bonds. The van der Waals surface area contributed by atoms with Crippen molar-refractivity contribution in [3.63, 3.8) is 0 Å². The van der Waals surface area contributed by atoms with Crippen molar-refractivity contribution in [3.05, 3.63) is 28.6 Å². The summed E-state index contributed by atoms with van der Waals surface area (Å²) in [5.74, 6) is 3.33. The van der Waals surface area contributed by atoms with Crippen LogP contribution in [0.5, 0.6) is 12.0 Å². The van der Waals surface area contributed by atoms with E-state index in [-0.39, 0.29) is 17.0 Å². The lowest BCUT2D eigenvalue weighted by molar-refractivity contribution is 0.262. The van der Waals surface area contributed by atoms with Crippen LogP contribution in [0.15, 0.2) is 17.2 Å². The summed E-state index contributed by atoms with van der Waals surface area (Å²) < 4.78 is 7.34. The largest absolute Gasteiger partial charge is 0.391 e. The molecule has 8 nitrogen and oxygen atoms in total. The minimum Gasteiger partial charge on any atom is -0.391 e. The molecule has 0 saturated heterocycles. The van der Waals surface area contributed by atoms with Crippen LogP contribution >= 0.6 is 0 Å². The van der Waals surface area contributed by atoms with Crippen LogP contribution in [0.2, 0.25) is 0 Å². The molecule has 146 valence electrons. The van der Waals surface area contributed by atoms with Gasteiger partial charge in [0, 0.05) is 24.4 Å². The molecule has 4 aliphatic carbocycles. The van der Waals surface area contributed by atoms with Gasteiger partial charge in [0.25, 0.3) is 5.56 Å². The van der Waals surface area contributed by atoms with Gasteiger partial charge in [-0.15, -0.1) is 0 Å². The van der Waals surface area contributed by atoms with E-state index < -0.39 is 0 Å². The quantitative estimate of drug-likeness (QED) is 0.708. The fourth-order valence-electron chi connectivity index (χ4n) is 6.28. The molecule has 4 aliphatic rings. The summed E-state index contributed by atoms with van der Waals surface area (Å²) in [6.45, 7) is 2.56. The molecule has 4 bridgehead atoms. The molecule has 3 aromatic heterocycles. The molecule has 7 rings (SSSR count). The van der Waals surface area contributed by atoms with E-state index in [4.69, 9.17) is 9.72 Å². The first-order valence-corrected chi connectivity index (χ1v) is 10.3. The minimum atomic E-state index is -0.124. The second-order valence-corrected chi connectivity index (χ2v) is 8.83. The third-order valence-electron chi connectivity index (χ3n) is 7.15. The van der Waals surface area contributed by atoms with E-state index in [1.54, 1.807) is 17.0 Å². The van der Waals surface area contributed by atoms with Crippen LogP contribution in [0.25, 0.3) is 11.2 Å². The molecular formula is C20H24N6O2. The number of fused-ring (bicyclic) bond motifs is 1. The van der Waals surface area contributed by atoms with Crippen molar-refractivity contribution >= 4 is 11.2 Å². The fraction of sp³-hybridized carbons (Fsp3) is 0.600. The van der Waals surface area contributed by atoms with E-state index in [0.717, 1.165) is 24.1 Å². The Kier molecular flexibility index (Phi) is 3.31. The zero-order chi connectivity index (χ0) is 18.9. The predicted octanol–water partition coefficient (Wildman–Crippen LogP) is 3.12. The number of imidazole rings is 2. The Morgan fingerprint density at radius 2 is 2.07 bits per heavy atom. The standard InChI is InChI=1S/C20H24N6O2/c1-2-5-26-16(27)14-15(25-19(26)28-18-21-3-4-22-18)24-17(23-14)20-9-11-6-12(10-20)8-13(20)7-11/h3-4,11-13H,2,5-10H2,1H3,(H,21,22)(H,23,24). The van der Waals surface area contributed by atoms with Gasteiger partial charge in [0.15, 0.2) is 11.2 Å². The SMILES string of the molecule is CCCn1c(Oc2ncc[nH]2)nc2nc(C34CC5CC(CC3C5)C4)[nH]c2c1=O. The molecular weight excluding hydrogens is 356 g/mol. The highest BCUT2D eigenvalue weighted by molar-refractivity contribution is 5.70. The normalized spacial score (nSPS) is 30.5. The highest BCUT2D eigenvalue weighted by Crippen LogP contribution is 2.65. The monoisotopic (exact) mass is 380 g/mol. The van der Waals surface area contributed by atoms with Crippen molar-refractivity contribution in [1.29, 1.82) is 0 Å². The minimum absolute atomic E-state index is 0.123. The fourth-order valence-corrected chi connectivity index (χ4v) is 6.28. The summed E-state index contributed by atoms with van der Waals surface area (Å²) in [5, 5.41) is 0. The van der Waals surface area contributed by atoms with E-state index in [2.05, 4.69) is 19.9 Å². The smallest absolute Gasteiger partial charge is 0.309 e. The number of hydrogen-bond donors (Lipinski definition) is 2. The molecule has 8 heteroatoms. The molecule has 28 heavy (non-hydrogen) atoms. The van der Waals surface area contributed by atoms with Gasteiger partial charge >= 0.3 is 12.0 Å². The topological polar surface area (TPSA) is 101 Å². The molecule has 2 atom stereocenters. The summed E-state index contributed by atoms with van der Waals surface area (Å²) >= 11 is 0. The first-order valence-electron chi connectivity index (χ1n) is 10.3. The van der Waals surface area contributed by atoms with Gasteiger partial charge in [-0.05, 0) is 56.3 Å². The number of ether oxygens (including phenoxy) is 1. The molecule has 0 aromatic carbocycles. The van der Waals surface area contributed by atoms with E-state index in [1.165, 1.54) is 32.1 Å². The lowest BCUT2D eigenvalue weighted by atomic mass is 9.75. The van der Waals surface area contributed by atoms with Gasteiger partial charge in [-0.3, -0.25) is 9.36 Å². The molecule has 2 unspecified atom stereocenters. The highest BCUT2D eigenvalue weighted by atomic mass is 16.5. The van der Waals surface area contributed by atoms with Gasteiger partial charge in [-0.25, -0.2) is 9.97 Å². The van der Waals surface area contributed by atoms with Gasteiger partial charge in [0.05, 0.1) is 0 Å². The second-order valence-electron chi connectivity index (χ2n) is 8.83. The number of aromatic amines is 2. The Hall–Kier alpha value is -2.64. The van der Waals surface area contributed by atoms with Gasteiger partial charge < -0.3 is 14.7 Å². The lowest BCUT2D eigenvalue weighted by Gasteiger charge is -2.30. The van der Waals surface area contributed by atoms with Crippen LogP contribution in [0.3, 0.4) is 0 Å². The average Bonchev–Trinajstić information content (AvgIpc) is 3.42. The van der Waals surface area contributed by atoms with E-state index in [1.807, 2.05) is 6.92 Å². The van der Waals surface area contributed by atoms with Crippen LogP contribution in [-0.4, -0.2) is 29.5 Å². The van der Waals surface area contributed by atoms with Crippen LogP contribution in [-0.2, 0) is 12.0 Å². The lowest BCUT2D eigenvalue weighted by Crippen LogP contribution is -2.29. The molecule has 3 aromatic rings. The maximum atomic E-state index is 13.2. The van der Waals surface area contributed by atoms with E-state index in [0.29, 0.717) is 29.6 Å². The third-order valence-corrected chi connectivity index (χ3v) is 7.15. The van der Waals surface area contributed by atoms with Crippen molar-refractivity contribution in [3.8, 4) is 12.0 Å². The number of H-pyrrole nitrogens is 2. The molecule has 0 spiro atoms. The first-order chi connectivity index (χ1) is 13.7. The molecule has 0 radical (unpaired) electrons. The zero-order valence-corrected chi connectivity index (χ0v) is 15.9. The van der Waals surface area contributed by atoms with Crippen molar-refractivity contribution in [2.75, 3.05) is 0 Å². The number of hydrogen-bond acceptors (Lipinski definition) is 5. The number of nitrogens with one attached hydrogen (secondary N) is 2. The summed E-state index contributed by atoms with van der Waals surface area (Å²) in [6.07, 6.45) is 10.5. The Labute approximate surface area is 161 Å². The Balaban J connectivity index is 1.48. The van der Waals surface area contributed by atoms with Gasteiger partial charge in [-0.2, -0.15) is 4.98 Å². The van der Waals surface area contributed by atoms with Crippen molar-refractivity contribution in [2.45, 2.75) is 57.4 Å². The van der Waals surface area contributed by atoms with Gasteiger partial charge in [0.1, 0.15) is 5.82 Å². The predicted molar refractivity (Wildman–Crippen MR) is 102 cm³/mol. The molecule has 4 saturated carbocycles. The Morgan fingerprint density at radius 3 is 2.79 bits per heavy atom. The highest BCUT2D eigenvalue weighted by Gasteiger charge is 2.59. The number of nitrogens with zero attached hydrogens (tertiary/aromatic N) is 4. The van der Waals surface area contributed by atoms with Crippen molar-refractivity contribution in [2.24, 2.45) is 17.8 Å². The van der Waals surface area contributed by atoms with Crippen molar-refractivity contribution < 1.29 is 4.74 Å². The summed E-state index contributed by atoms with van der Waals surface area (Å²) in [5.41, 5.74) is 0.949. The van der Waals surface area contributed by atoms with Crippen molar-refractivity contribution in [1.82, 2.24) is 29.5 Å². The van der Waals surface area contributed by atoms with E-state index >= 15 is 0 Å². The maximum absolute atomic E-state index is 13.2. The number of rotatable bonds is 5. The summed E-state index contributed by atoms with van der Waals surface area (Å²) in [4.78, 5) is 33.0. The number of aromatic nitrogens is 6. The average molecular weight is 380 g/mol. The zero-order valence-electron chi connectivity index (χ0n) is 15.9. The molecule has 2 N–H and O–H groups in total. The van der Waals surface area contributed by atoms with E-state index in [9.17, 15) is 4.79 Å². The molecule has 4 fully saturated rings. The summed E-state index contributed by atoms with van der Waals surface area (Å²) in [7, 11) is 0. The molecule has 3 heterocycles. The maximum Gasteiger partial charge on any atom is 0.309 e. The van der Waals surface area contributed by atoms with Gasteiger partial charge in [-0.1, -0.05) is 6.92 Å². The summed E-state index contributed by atoms with van der Waals surface area (Å²) in [6, 6.07) is 0.555. The van der Waals surface area contributed by atoms with Crippen LogP contribution < -0.4 is 10.3 Å². The second kappa shape index (κ2) is 5.68. The van der Waals surface area contributed by atoms with Crippen LogP contribution in [0.1, 0.15) is 51.3 Å². The van der Waals surface area contributed by atoms with Gasteiger partial charge in [0.2, 0.25) is 0 Å². The first kappa shape index (κ1) is 16.3. The van der Waals surface area contributed by atoms with Crippen LogP contribution in [0, 0.1) is 17.8 Å². The van der Waals surface area contributed by atoms with Crippen LogP contribution in [0.4, 0.5) is 0 Å².